The first-order valence-corrected chi connectivity index (χ1v) is 5.71. The number of benzene rings is 1. The second kappa shape index (κ2) is 4.19. The molecule has 0 aliphatic heterocycles. The Morgan fingerprint density at radius 3 is 2.73 bits per heavy atom. The summed E-state index contributed by atoms with van der Waals surface area (Å²) in [5.74, 6) is 0.949. The van der Waals surface area contributed by atoms with Gasteiger partial charge in [0.25, 0.3) is 0 Å². The number of imidazole rings is 1. The number of halogens is 1. The Morgan fingerprint density at radius 1 is 1.33 bits per heavy atom. The molecule has 78 valence electrons. The number of aromatic amines is 1. The van der Waals surface area contributed by atoms with Crippen molar-refractivity contribution in [1.29, 1.82) is 0 Å². The molecule has 0 bridgehead atoms. The molecule has 3 heteroatoms. The average molecular weight is 265 g/mol. The summed E-state index contributed by atoms with van der Waals surface area (Å²) in [5.41, 5.74) is 3.73. The molecule has 0 unspecified atom stereocenters. The van der Waals surface area contributed by atoms with E-state index in [0.29, 0.717) is 0 Å². The molecule has 0 spiro atoms. The van der Waals surface area contributed by atoms with Crippen molar-refractivity contribution in [1.82, 2.24) is 9.97 Å². The standard InChI is InChI=1S/C12H13BrN2/c1-8-4-3-5-10(6-8)7-11-12(13)15-9(2)14-11/h3-6H,7H2,1-2H3,(H,14,15). The molecule has 15 heavy (non-hydrogen) atoms. The van der Waals surface area contributed by atoms with Gasteiger partial charge < -0.3 is 4.98 Å². The third kappa shape index (κ3) is 2.48. The highest BCUT2D eigenvalue weighted by Crippen LogP contribution is 2.17. The van der Waals surface area contributed by atoms with Crippen LogP contribution in [-0.2, 0) is 6.42 Å². The molecule has 0 saturated heterocycles. The second-order valence-corrected chi connectivity index (χ2v) is 4.51. The molecule has 0 saturated carbocycles. The molecule has 1 aromatic heterocycles. The van der Waals surface area contributed by atoms with E-state index < -0.39 is 0 Å². The lowest BCUT2D eigenvalue weighted by molar-refractivity contribution is 1.07. The molecule has 1 N–H and O–H groups in total. The summed E-state index contributed by atoms with van der Waals surface area (Å²) in [6, 6.07) is 8.52. The number of aryl methyl sites for hydroxylation is 2. The zero-order valence-corrected chi connectivity index (χ0v) is 10.4. The molecule has 1 aromatic carbocycles. The quantitative estimate of drug-likeness (QED) is 0.885. The van der Waals surface area contributed by atoms with Crippen LogP contribution in [0.25, 0.3) is 0 Å². The van der Waals surface area contributed by atoms with Gasteiger partial charge in [0.15, 0.2) is 0 Å². The Hall–Kier alpha value is -1.09. The first-order chi connectivity index (χ1) is 7.15. The Kier molecular flexibility index (Phi) is 2.91. The predicted octanol–water partition coefficient (Wildman–Crippen LogP) is 3.38. The van der Waals surface area contributed by atoms with E-state index in [2.05, 4.69) is 57.1 Å². The molecule has 2 nitrogen and oxygen atoms in total. The van der Waals surface area contributed by atoms with Gasteiger partial charge in [0.2, 0.25) is 0 Å². The van der Waals surface area contributed by atoms with Crippen molar-refractivity contribution in [2.75, 3.05) is 0 Å². The van der Waals surface area contributed by atoms with Crippen LogP contribution in [0.2, 0.25) is 0 Å². The van der Waals surface area contributed by atoms with E-state index in [0.717, 1.165) is 22.5 Å². The van der Waals surface area contributed by atoms with Crippen LogP contribution in [-0.4, -0.2) is 9.97 Å². The molecule has 2 aromatic rings. The molecule has 0 fully saturated rings. The van der Waals surface area contributed by atoms with E-state index in [1.807, 2.05) is 6.92 Å². The van der Waals surface area contributed by atoms with Gasteiger partial charge in [-0.2, -0.15) is 0 Å². The molecular formula is C12H13BrN2. The van der Waals surface area contributed by atoms with Crippen molar-refractivity contribution in [2.24, 2.45) is 0 Å². The molecule has 0 aliphatic rings. The summed E-state index contributed by atoms with van der Waals surface area (Å²) in [5, 5.41) is 0. The number of nitrogens with zero attached hydrogens (tertiary/aromatic N) is 1. The number of hydrogen-bond donors (Lipinski definition) is 1. The first-order valence-electron chi connectivity index (χ1n) is 4.91. The van der Waals surface area contributed by atoms with Crippen LogP contribution >= 0.6 is 15.9 Å². The van der Waals surface area contributed by atoms with Crippen LogP contribution < -0.4 is 0 Å². The fourth-order valence-corrected chi connectivity index (χ4v) is 2.16. The summed E-state index contributed by atoms with van der Waals surface area (Å²) in [6.45, 7) is 4.07. The lowest BCUT2D eigenvalue weighted by Crippen LogP contribution is -1.90. The van der Waals surface area contributed by atoms with E-state index in [4.69, 9.17) is 0 Å². The number of rotatable bonds is 2. The monoisotopic (exact) mass is 264 g/mol. The van der Waals surface area contributed by atoms with Crippen molar-refractivity contribution in [3.63, 3.8) is 0 Å². The first kappa shape index (κ1) is 10.4. The summed E-state index contributed by atoms with van der Waals surface area (Å²) < 4.78 is 0.918. The number of aromatic nitrogens is 2. The molecule has 0 amide bonds. The maximum Gasteiger partial charge on any atom is 0.127 e. The Morgan fingerprint density at radius 2 is 2.13 bits per heavy atom. The van der Waals surface area contributed by atoms with E-state index in [1.165, 1.54) is 11.1 Å². The van der Waals surface area contributed by atoms with E-state index in [9.17, 15) is 0 Å². The van der Waals surface area contributed by atoms with Gasteiger partial charge in [0.05, 0.1) is 5.69 Å². The van der Waals surface area contributed by atoms with Crippen molar-refractivity contribution in [3.05, 3.63) is 51.5 Å². The maximum atomic E-state index is 4.29. The third-order valence-corrected chi connectivity index (χ3v) is 2.97. The van der Waals surface area contributed by atoms with Crippen molar-refractivity contribution >= 4 is 15.9 Å². The zero-order chi connectivity index (χ0) is 10.8. The third-order valence-electron chi connectivity index (χ3n) is 2.31. The summed E-state index contributed by atoms with van der Waals surface area (Å²) in [4.78, 5) is 7.55. The summed E-state index contributed by atoms with van der Waals surface area (Å²) in [7, 11) is 0. The smallest absolute Gasteiger partial charge is 0.127 e. The van der Waals surface area contributed by atoms with Crippen LogP contribution in [0.15, 0.2) is 28.9 Å². The fourth-order valence-electron chi connectivity index (χ4n) is 1.66. The van der Waals surface area contributed by atoms with Crippen LogP contribution in [0.5, 0.6) is 0 Å². The number of hydrogen-bond acceptors (Lipinski definition) is 1. The lowest BCUT2D eigenvalue weighted by atomic mass is 10.1. The highest BCUT2D eigenvalue weighted by atomic mass is 79.9. The van der Waals surface area contributed by atoms with Crippen LogP contribution in [0, 0.1) is 13.8 Å². The predicted molar refractivity (Wildman–Crippen MR) is 65.0 cm³/mol. The van der Waals surface area contributed by atoms with Gasteiger partial charge in [-0.15, -0.1) is 0 Å². The highest BCUT2D eigenvalue weighted by molar-refractivity contribution is 9.10. The minimum absolute atomic E-state index is 0.892. The minimum atomic E-state index is 0.892. The number of nitrogens with one attached hydrogen (secondary N) is 1. The van der Waals surface area contributed by atoms with Crippen molar-refractivity contribution in [2.45, 2.75) is 20.3 Å². The van der Waals surface area contributed by atoms with Crippen molar-refractivity contribution in [3.8, 4) is 0 Å². The average Bonchev–Trinajstić information content (AvgIpc) is 2.45. The van der Waals surface area contributed by atoms with E-state index in [-0.39, 0.29) is 0 Å². The van der Waals surface area contributed by atoms with Gasteiger partial charge >= 0.3 is 0 Å². The normalized spacial score (nSPS) is 10.6. The molecule has 0 atom stereocenters. The maximum absolute atomic E-state index is 4.29. The largest absolute Gasteiger partial charge is 0.345 e. The Bertz CT molecular complexity index is 474. The fraction of sp³-hybridized carbons (Fsp3) is 0.250. The molecule has 2 rings (SSSR count). The van der Waals surface area contributed by atoms with Crippen LogP contribution in [0.1, 0.15) is 22.6 Å². The Labute approximate surface area is 97.9 Å². The van der Waals surface area contributed by atoms with Crippen molar-refractivity contribution < 1.29 is 0 Å². The lowest BCUT2D eigenvalue weighted by Gasteiger charge is -2.00. The zero-order valence-electron chi connectivity index (χ0n) is 8.84. The van der Waals surface area contributed by atoms with Gasteiger partial charge in [-0.05, 0) is 35.3 Å². The minimum Gasteiger partial charge on any atom is -0.345 e. The molecule has 1 heterocycles. The summed E-state index contributed by atoms with van der Waals surface area (Å²) in [6.07, 6.45) is 0.892. The topological polar surface area (TPSA) is 28.7 Å². The SMILES string of the molecule is Cc1cccc(Cc2[nH]c(C)nc2Br)c1. The summed E-state index contributed by atoms with van der Waals surface area (Å²) >= 11 is 3.45. The molecule has 0 aliphatic carbocycles. The Balaban J connectivity index is 2.25. The van der Waals surface area contributed by atoms with Gasteiger partial charge in [0, 0.05) is 6.42 Å². The van der Waals surface area contributed by atoms with Gasteiger partial charge in [-0.1, -0.05) is 29.8 Å². The van der Waals surface area contributed by atoms with Gasteiger partial charge in [0.1, 0.15) is 10.4 Å². The van der Waals surface area contributed by atoms with Gasteiger partial charge in [-0.25, -0.2) is 4.98 Å². The molecular weight excluding hydrogens is 252 g/mol. The van der Waals surface area contributed by atoms with Crippen LogP contribution in [0.3, 0.4) is 0 Å². The second-order valence-electron chi connectivity index (χ2n) is 3.76. The number of H-pyrrole nitrogens is 1. The van der Waals surface area contributed by atoms with E-state index >= 15 is 0 Å². The van der Waals surface area contributed by atoms with Gasteiger partial charge in [-0.3, -0.25) is 0 Å². The highest BCUT2D eigenvalue weighted by Gasteiger charge is 2.05. The molecule has 0 radical (unpaired) electrons. The van der Waals surface area contributed by atoms with Crippen LogP contribution in [0.4, 0.5) is 0 Å². The van der Waals surface area contributed by atoms with E-state index in [1.54, 1.807) is 0 Å².